The standard InChI is InChI=1S/C19H23FN2O3S/c20-18-8-4-7-17(13-18)19(22-9-11-25-12-10-22)14-21-26(23,24)15-16-5-2-1-3-6-16/h1-8,13,19,21H,9-12,14-15H2/t19-/m0/s1. The quantitative estimate of drug-likeness (QED) is 0.803. The highest BCUT2D eigenvalue weighted by Gasteiger charge is 2.25. The van der Waals surface area contributed by atoms with E-state index in [4.69, 9.17) is 4.74 Å². The number of nitrogens with zero attached hydrogens (tertiary/aromatic N) is 1. The van der Waals surface area contributed by atoms with E-state index in [2.05, 4.69) is 9.62 Å². The lowest BCUT2D eigenvalue weighted by molar-refractivity contribution is 0.0171. The maximum Gasteiger partial charge on any atom is 0.215 e. The molecule has 26 heavy (non-hydrogen) atoms. The molecule has 140 valence electrons. The summed E-state index contributed by atoms with van der Waals surface area (Å²) >= 11 is 0. The SMILES string of the molecule is O=S(=O)(Cc1ccccc1)NC[C@@H](c1cccc(F)c1)N1CCOCC1. The molecule has 7 heteroatoms. The predicted octanol–water partition coefficient (Wildman–Crippen LogP) is 2.32. The third kappa shape index (κ3) is 5.35. The Hall–Kier alpha value is -1.80. The van der Waals surface area contributed by atoms with Gasteiger partial charge in [-0.15, -0.1) is 0 Å². The smallest absolute Gasteiger partial charge is 0.215 e. The first kappa shape index (κ1) is 19.0. The van der Waals surface area contributed by atoms with E-state index in [1.165, 1.54) is 12.1 Å². The molecule has 5 nitrogen and oxygen atoms in total. The number of morpholine rings is 1. The minimum atomic E-state index is -3.49. The zero-order chi connectivity index (χ0) is 18.4. The van der Waals surface area contributed by atoms with Crippen molar-refractivity contribution in [1.82, 2.24) is 9.62 Å². The number of hydrogen-bond donors (Lipinski definition) is 1. The van der Waals surface area contributed by atoms with E-state index in [0.29, 0.717) is 26.3 Å². The Bertz CT molecular complexity index is 809. The number of rotatable bonds is 7. The van der Waals surface area contributed by atoms with Crippen LogP contribution in [0.25, 0.3) is 0 Å². The van der Waals surface area contributed by atoms with Crippen LogP contribution in [0.1, 0.15) is 17.2 Å². The van der Waals surface area contributed by atoms with Crippen LogP contribution in [-0.4, -0.2) is 46.2 Å². The zero-order valence-corrected chi connectivity index (χ0v) is 15.3. The fraction of sp³-hybridized carbons (Fsp3) is 0.368. The molecular weight excluding hydrogens is 355 g/mol. The molecule has 2 aromatic rings. The summed E-state index contributed by atoms with van der Waals surface area (Å²) < 4.78 is 46.7. The third-order valence-electron chi connectivity index (χ3n) is 4.42. The summed E-state index contributed by atoms with van der Waals surface area (Å²) in [7, 11) is -3.49. The molecule has 0 unspecified atom stereocenters. The first-order valence-electron chi connectivity index (χ1n) is 8.62. The molecule has 0 spiro atoms. The lowest BCUT2D eigenvalue weighted by Gasteiger charge is -2.34. The minimum absolute atomic E-state index is 0.0766. The Labute approximate surface area is 153 Å². The van der Waals surface area contributed by atoms with E-state index in [9.17, 15) is 12.8 Å². The fourth-order valence-corrected chi connectivity index (χ4v) is 4.26. The first-order valence-corrected chi connectivity index (χ1v) is 10.3. The highest BCUT2D eigenvalue weighted by molar-refractivity contribution is 7.88. The molecule has 3 rings (SSSR count). The average molecular weight is 378 g/mol. The van der Waals surface area contributed by atoms with Gasteiger partial charge in [-0.1, -0.05) is 42.5 Å². The van der Waals surface area contributed by atoms with E-state index in [1.807, 2.05) is 24.3 Å². The average Bonchev–Trinajstić information content (AvgIpc) is 2.63. The number of benzene rings is 2. The summed E-state index contributed by atoms with van der Waals surface area (Å²) in [6.07, 6.45) is 0. The molecule has 1 fully saturated rings. The van der Waals surface area contributed by atoms with Gasteiger partial charge in [0, 0.05) is 25.7 Å². The predicted molar refractivity (Wildman–Crippen MR) is 98.6 cm³/mol. The van der Waals surface area contributed by atoms with Gasteiger partial charge in [0.05, 0.1) is 19.0 Å². The van der Waals surface area contributed by atoms with Gasteiger partial charge in [-0.25, -0.2) is 17.5 Å². The number of halogens is 1. The molecule has 0 amide bonds. The fourth-order valence-electron chi connectivity index (χ4n) is 3.11. The normalized spacial score (nSPS) is 17.1. The van der Waals surface area contributed by atoms with Gasteiger partial charge in [0.1, 0.15) is 5.82 Å². The Morgan fingerprint density at radius 3 is 2.50 bits per heavy atom. The van der Waals surface area contributed by atoms with Crippen molar-refractivity contribution in [2.75, 3.05) is 32.8 Å². The summed E-state index contributed by atoms with van der Waals surface area (Å²) in [5.74, 6) is -0.403. The third-order valence-corrected chi connectivity index (χ3v) is 5.74. The number of sulfonamides is 1. The van der Waals surface area contributed by atoms with Gasteiger partial charge in [0.25, 0.3) is 0 Å². The summed E-state index contributed by atoms with van der Waals surface area (Å²) in [5.41, 5.74) is 1.49. The van der Waals surface area contributed by atoms with Crippen molar-refractivity contribution in [1.29, 1.82) is 0 Å². The molecular formula is C19H23FN2O3S. The Morgan fingerprint density at radius 1 is 1.08 bits per heavy atom. The van der Waals surface area contributed by atoms with E-state index in [-0.39, 0.29) is 24.2 Å². The van der Waals surface area contributed by atoms with Crippen LogP contribution in [0, 0.1) is 5.82 Å². The minimum Gasteiger partial charge on any atom is -0.379 e. The molecule has 2 aromatic carbocycles. The lowest BCUT2D eigenvalue weighted by Crippen LogP contribution is -2.44. The molecule has 1 aliphatic heterocycles. The summed E-state index contributed by atoms with van der Waals surface area (Å²) in [6, 6.07) is 15.1. The van der Waals surface area contributed by atoms with Crippen molar-refractivity contribution in [3.8, 4) is 0 Å². The summed E-state index contributed by atoms with van der Waals surface area (Å²) in [5, 5.41) is 0. The van der Waals surface area contributed by atoms with Crippen LogP contribution in [0.2, 0.25) is 0 Å². The molecule has 1 atom stereocenters. The van der Waals surface area contributed by atoms with Gasteiger partial charge in [-0.2, -0.15) is 0 Å². The summed E-state index contributed by atoms with van der Waals surface area (Å²) in [4.78, 5) is 2.13. The first-order chi connectivity index (χ1) is 12.5. The number of ether oxygens (including phenoxy) is 1. The second-order valence-corrected chi connectivity index (χ2v) is 8.12. The van der Waals surface area contributed by atoms with Crippen LogP contribution in [0.4, 0.5) is 4.39 Å². The lowest BCUT2D eigenvalue weighted by atomic mass is 10.0. The van der Waals surface area contributed by atoms with Crippen LogP contribution in [0.5, 0.6) is 0 Å². The van der Waals surface area contributed by atoms with Gasteiger partial charge in [-0.05, 0) is 23.3 Å². The van der Waals surface area contributed by atoms with Crippen LogP contribution in [0.3, 0.4) is 0 Å². The molecule has 0 bridgehead atoms. The topological polar surface area (TPSA) is 58.6 Å². The van der Waals surface area contributed by atoms with E-state index >= 15 is 0 Å². The Morgan fingerprint density at radius 2 is 1.81 bits per heavy atom. The molecule has 0 saturated carbocycles. The van der Waals surface area contributed by atoms with Gasteiger partial charge >= 0.3 is 0 Å². The molecule has 1 aliphatic rings. The largest absolute Gasteiger partial charge is 0.379 e. The number of nitrogens with one attached hydrogen (secondary N) is 1. The second-order valence-electron chi connectivity index (χ2n) is 6.31. The monoisotopic (exact) mass is 378 g/mol. The van der Waals surface area contributed by atoms with E-state index in [0.717, 1.165) is 11.1 Å². The zero-order valence-electron chi connectivity index (χ0n) is 14.5. The van der Waals surface area contributed by atoms with Crippen molar-refractivity contribution in [3.05, 3.63) is 71.5 Å². The van der Waals surface area contributed by atoms with Gasteiger partial charge in [-0.3, -0.25) is 4.90 Å². The van der Waals surface area contributed by atoms with Gasteiger partial charge < -0.3 is 4.74 Å². The van der Waals surface area contributed by atoms with Crippen molar-refractivity contribution in [2.45, 2.75) is 11.8 Å². The maximum atomic E-state index is 13.7. The molecule has 0 aliphatic carbocycles. The molecule has 0 radical (unpaired) electrons. The molecule has 1 heterocycles. The Kier molecular flexibility index (Phi) is 6.37. The van der Waals surface area contributed by atoms with Crippen molar-refractivity contribution < 1.29 is 17.5 Å². The van der Waals surface area contributed by atoms with Crippen molar-refractivity contribution in [3.63, 3.8) is 0 Å². The van der Waals surface area contributed by atoms with Gasteiger partial charge in [0.2, 0.25) is 10.0 Å². The summed E-state index contributed by atoms with van der Waals surface area (Å²) in [6.45, 7) is 2.73. The van der Waals surface area contributed by atoms with E-state index in [1.54, 1.807) is 18.2 Å². The van der Waals surface area contributed by atoms with Crippen LogP contribution in [0.15, 0.2) is 54.6 Å². The molecule has 1 N–H and O–H groups in total. The highest BCUT2D eigenvalue weighted by Crippen LogP contribution is 2.22. The van der Waals surface area contributed by atoms with Crippen molar-refractivity contribution >= 4 is 10.0 Å². The van der Waals surface area contributed by atoms with Gasteiger partial charge in [0.15, 0.2) is 0 Å². The highest BCUT2D eigenvalue weighted by atomic mass is 32.2. The van der Waals surface area contributed by atoms with E-state index < -0.39 is 10.0 Å². The van der Waals surface area contributed by atoms with Crippen molar-refractivity contribution in [2.24, 2.45) is 0 Å². The number of hydrogen-bond acceptors (Lipinski definition) is 4. The Balaban J connectivity index is 1.73. The second kappa shape index (κ2) is 8.73. The van der Waals surface area contributed by atoms with Crippen LogP contribution in [-0.2, 0) is 20.5 Å². The molecule has 1 saturated heterocycles. The van der Waals surface area contributed by atoms with Crippen LogP contribution >= 0.6 is 0 Å². The molecule has 0 aromatic heterocycles. The maximum absolute atomic E-state index is 13.7. The van der Waals surface area contributed by atoms with Crippen LogP contribution < -0.4 is 4.72 Å².